The molecular formula is C31H26Cl3FN8. The van der Waals surface area contributed by atoms with Gasteiger partial charge in [-0.2, -0.15) is 5.26 Å². The third-order valence-electron chi connectivity index (χ3n) is 7.64. The average molecular weight is 636 g/mol. The van der Waals surface area contributed by atoms with Gasteiger partial charge in [-0.25, -0.2) is 9.07 Å². The van der Waals surface area contributed by atoms with Crippen LogP contribution >= 0.6 is 34.8 Å². The number of anilines is 3. The summed E-state index contributed by atoms with van der Waals surface area (Å²) in [7, 11) is 0. The Labute approximate surface area is 263 Å². The molecule has 0 aliphatic carbocycles. The summed E-state index contributed by atoms with van der Waals surface area (Å²) in [6, 6.07) is 17.5. The highest BCUT2D eigenvalue weighted by molar-refractivity contribution is 6.36. The van der Waals surface area contributed by atoms with Crippen molar-refractivity contribution < 1.29 is 4.39 Å². The summed E-state index contributed by atoms with van der Waals surface area (Å²) in [4.78, 5) is 6.84. The summed E-state index contributed by atoms with van der Waals surface area (Å²) in [6.45, 7) is 5.13. The Morgan fingerprint density at radius 1 is 1.07 bits per heavy atom. The highest BCUT2D eigenvalue weighted by Gasteiger charge is 2.26. The first kappa shape index (κ1) is 29.1. The van der Waals surface area contributed by atoms with Crippen LogP contribution in [0.15, 0.2) is 67.0 Å². The van der Waals surface area contributed by atoms with Crippen molar-refractivity contribution in [1.82, 2.24) is 24.9 Å². The van der Waals surface area contributed by atoms with Crippen LogP contribution in [0.4, 0.5) is 21.5 Å². The topological polar surface area (TPSA) is 94.7 Å². The van der Waals surface area contributed by atoms with Crippen LogP contribution in [0.1, 0.15) is 42.2 Å². The maximum Gasteiger partial charge on any atom is 0.141 e. The number of nitrogens with zero attached hydrogens (tertiary/aromatic N) is 6. The molecular weight excluding hydrogens is 610 g/mol. The maximum absolute atomic E-state index is 13.8. The summed E-state index contributed by atoms with van der Waals surface area (Å²) in [5, 5.41) is 27.3. The lowest BCUT2D eigenvalue weighted by atomic mass is 10.0. The molecule has 0 spiro atoms. The Hall–Kier alpha value is -3.94. The second kappa shape index (κ2) is 12.3. The Bertz CT molecular complexity index is 1840. The van der Waals surface area contributed by atoms with Gasteiger partial charge < -0.3 is 15.5 Å². The van der Waals surface area contributed by atoms with Gasteiger partial charge in [0.2, 0.25) is 0 Å². The van der Waals surface area contributed by atoms with Gasteiger partial charge in [-0.15, -0.1) is 5.10 Å². The van der Waals surface area contributed by atoms with Crippen LogP contribution in [-0.2, 0) is 0 Å². The molecule has 1 saturated heterocycles. The quantitative estimate of drug-likeness (QED) is 0.178. The minimum atomic E-state index is -0.539. The van der Waals surface area contributed by atoms with Crippen molar-refractivity contribution >= 4 is 62.8 Å². The molecule has 2 aromatic heterocycles. The minimum Gasteiger partial charge on any atom is -0.373 e. The Balaban J connectivity index is 1.40. The minimum absolute atomic E-state index is 0.0406. The van der Waals surface area contributed by atoms with Crippen LogP contribution in [0, 0.1) is 17.1 Å². The summed E-state index contributed by atoms with van der Waals surface area (Å²) >= 11 is 19.0. The van der Waals surface area contributed by atoms with Crippen LogP contribution in [-0.4, -0.2) is 44.5 Å². The number of likely N-dealkylation sites (N-methyl/N-ethyl adjacent to an activating group) is 1. The Morgan fingerprint density at radius 3 is 2.58 bits per heavy atom. The molecule has 1 aliphatic heterocycles. The number of fused-ring (bicyclic) bond motifs is 1. The van der Waals surface area contributed by atoms with Crippen molar-refractivity contribution in [2.75, 3.05) is 30.3 Å². The highest BCUT2D eigenvalue weighted by atomic mass is 35.5. The third-order valence-corrected chi connectivity index (χ3v) is 8.47. The molecule has 0 saturated carbocycles. The van der Waals surface area contributed by atoms with E-state index < -0.39 is 5.82 Å². The van der Waals surface area contributed by atoms with Crippen molar-refractivity contribution in [3.63, 3.8) is 0 Å². The largest absolute Gasteiger partial charge is 0.373 e. The zero-order valence-electron chi connectivity index (χ0n) is 23.0. The van der Waals surface area contributed by atoms with E-state index in [2.05, 4.69) is 43.8 Å². The predicted octanol–water partition coefficient (Wildman–Crippen LogP) is 8.01. The second-order valence-corrected chi connectivity index (χ2v) is 11.6. The van der Waals surface area contributed by atoms with Gasteiger partial charge in [0, 0.05) is 41.1 Å². The lowest BCUT2D eigenvalue weighted by Crippen LogP contribution is -2.21. The van der Waals surface area contributed by atoms with E-state index in [0.717, 1.165) is 37.3 Å². The first-order valence-electron chi connectivity index (χ1n) is 13.7. The van der Waals surface area contributed by atoms with Crippen molar-refractivity contribution in [1.29, 1.82) is 5.26 Å². The number of nitrogens with one attached hydrogen (secondary N) is 2. The smallest absolute Gasteiger partial charge is 0.141 e. The SMILES string of the molecule is CCN1CC[C@H](n2cc(C(Nc3cc(Cl)c4ncc(C#N)c(Nc5ccc(F)c(Cl)c5)c4c3)c3ccc(Cl)cc3)nn2)C1. The van der Waals surface area contributed by atoms with Crippen molar-refractivity contribution in [3.8, 4) is 6.07 Å². The molecule has 2 atom stereocenters. The monoisotopic (exact) mass is 634 g/mol. The number of rotatable bonds is 8. The molecule has 3 aromatic carbocycles. The number of halogens is 4. The van der Waals surface area contributed by atoms with Crippen LogP contribution in [0.2, 0.25) is 15.1 Å². The standard InChI is InChI=1S/C31H26Cl3FN8/c1-2-42-10-9-23(16-42)43-17-28(40-41-43)30(18-3-5-20(32)6-4-18)39-22-11-24-29(38-21-7-8-27(35)25(33)12-21)19(14-36)15-37-31(24)26(34)13-22/h3-8,11-13,15,17,23,30,39H,2,9-10,16H2,1H3,(H,37,38)/t23-,30?/m0/s1. The number of likely N-dealkylation sites (tertiary alicyclic amines) is 1. The lowest BCUT2D eigenvalue weighted by Gasteiger charge is -2.20. The van der Waals surface area contributed by atoms with E-state index in [1.165, 1.54) is 18.3 Å². The number of aromatic nitrogens is 4. The molecule has 2 N–H and O–H groups in total. The van der Waals surface area contributed by atoms with E-state index in [1.54, 1.807) is 12.1 Å². The first-order chi connectivity index (χ1) is 20.8. The fourth-order valence-corrected chi connectivity index (χ4v) is 5.92. The molecule has 12 heteroatoms. The molecule has 0 bridgehead atoms. The first-order valence-corrected chi connectivity index (χ1v) is 14.9. The fourth-order valence-electron chi connectivity index (χ4n) is 5.35. The molecule has 8 nitrogen and oxygen atoms in total. The van der Waals surface area contributed by atoms with Crippen LogP contribution in [0.5, 0.6) is 0 Å². The molecule has 5 aromatic rings. The number of pyridine rings is 1. The molecule has 6 rings (SSSR count). The average Bonchev–Trinajstić information content (AvgIpc) is 3.69. The third kappa shape index (κ3) is 6.10. The van der Waals surface area contributed by atoms with E-state index in [0.29, 0.717) is 38.0 Å². The van der Waals surface area contributed by atoms with E-state index in [4.69, 9.17) is 34.8 Å². The van der Waals surface area contributed by atoms with Gasteiger partial charge in [0.15, 0.2) is 0 Å². The van der Waals surface area contributed by atoms with Gasteiger partial charge >= 0.3 is 0 Å². The second-order valence-electron chi connectivity index (χ2n) is 10.4. The van der Waals surface area contributed by atoms with Crippen molar-refractivity contribution in [2.45, 2.75) is 25.4 Å². The maximum atomic E-state index is 13.8. The summed E-state index contributed by atoms with van der Waals surface area (Å²) in [5.41, 5.74) is 4.09. The normalized spacial score (nSPS) is 15.9. The van der Waals surface area contributed by atoms with Crippen molar-refractivity contribution in [2.24, 2.45) is 0 Å². The Kier molecular flexibility index (Phi) is 8.37. The number of nitriles is 1. The molecule has 0 radical (unpaired) electrons. The molecule has 3 heterocycles. The lowest BCUT2D eigenvalue weighted by molar-refractivity contribution is 0.334. The van der Waals surface area contributed by atoms with Gasteiger partial charge in [0.25, 0.3) is 0 Å². The van der Waals surface area contributed by atoms with E-state index in [1.807, 2.05) is 41.2 Å². The number of hydrogen-bond donors (Lipinski definition) is 2. The number of hydrogen-bond acceptors (Lipinski definition) is 7. The van der Waals surface area contributed by atoms with E-state index >= 15 is 0 Å². The highest BCUT2D eigenvalue weighted by Crippen LogP contribution is 2.37. The molecule has 218 valence electrons. The molecule has 1 unspecified atom stereocenters. The van der Waals surface area contributed by atoms with Gasteiger partial charge in [-0.05, 0) is 61.0 Å². The number of benzene rings is 3. The van der Waals surface area contributed by atoms with Gasteiger partial charge in [-0.3, -0.25) is 4.98 Å². The summed E-state index contributed by atoms with van der Waals surface area (Å²) in [5.74, 6) is -0.539. The summed E-state index contributed by atoms with van der Waals surface area (Å²) < 4.78 is 15.8. The van der Waals surface area contributed by atoms with Crippen LogP contribution in [0.3, 0.4) is 0 Å². The molecule has 0 amide bonds. The van der Waals surface area contributed by atoms with E-state index in [-0.39, 0.29) is 22.7 Å². The van der Waals surface area contributed by atoms with Crippen LogP contribution < -0.4 is 10.6 Å². The summed E-state index contributed by atoms with van der Waals surface area (Å²) in [6.07, 6.45) is 4.45. The van der Waals surface area contributed by atoms with Gasteiger partial charge in [0.1, 0.15) is 17.6 Å². The molecule has 43 heavy (non-hydrogen) atoms. The van der Waals surface area contributed by atoms with Gasteiger partial charge in [-0.1, -0.05) is 59.1 Å². The van der Waals surface area contributed by atoms with Crippen molar-refractivity contribution in [3.05, 3.63) is 105 Å². The molecule has 1 aliphatic rings. The zero-order valence-corrected chi connectivity index (χ0v) is 25.3. The Morgan fingerprint density at radius 2 is 1.86 bits per heavy atom. The van der Waals surface area contributed by atoms with E-state index in [9.17, 15) is 9.65 Å². The predicted molar refractivity (Wildman–Crippen MR) is 169 cm³/mol. The fraction of sp³-hybridized carbons (Fsp3) is 0.226. The van der Waals surface area contributed by atoms with Crippen LogP contribution in [0.25, 0.3) is 10.9 Å². The van der Waals surface area contributed by atoms with Gasteiger partial charge in [0.05, 0.1) is 45.1 Å². The zero-order chi connectivity index (χ0) is 30.1. The molecule has 1 fully saturated rings.